The van der Waals surface area contributed by atoms with E-state index in [9.17, 15) is 9.59 Å². The van der Waals surface area contributed by atoms with Gasteiger partial charge in [0.1, 0.15) is 4.83 Å². The molecule has 0 spiro atoms. The molecule has 0 saturated heterocycles. The SMILES string of the molecule is CCn1c(SCC(=O)N(CCC#N)c2cc(C)cc(C)c2)nc2sc(C)c(C)c2c1=O. The van der Waals surface area contributed by atoms with E-state index in [1.165, 1.54) is 23.1 Å². The van der Waals surface area contributed by atoms with Gasteiger partial charge in [-0.1, -0.05) is 17.8 Å². The third-order valence-electron chi connectivity index (χ3n) is 5.16. The molecule has 8 heteroatoms. The van der Waals surface area contributed by atoms with Crippen molar-refractivity contribution in [2.75, 3.05) is 17.2 Å². The van der Waals surface area contributed by atoms with Crippen LogP contribution in [-0.2, 0) is 11.3 Å². The average Bonchev–Trinajstić information content (AvgIpc) is 2.99. The first-order valence-corrected chi connectivity index (χ1v) is 12.0. The van der Waals surface area contributed by atoms with Gasteiger partial charge in [-0.25, -0.2) is 4.98 Å². The number of benzene rings is 1. The number of nitrogens with zero attached hydrogens (tertiary/aromatic N) is 4. The number of amides is 1. The zero-order chi connectivity index (χ0) is 22.7. The van der Waals surface area contributed by atoms with Crippen LogP contribution in [0.3, 0.4) is 0 Å². The number of rotatable bonds is 7. The number of carbonyl (C=O) groups is 1. The van der Waals surface area contributed by atoms with Gasteiger partial charge in [-0.15, -0.1) is 11.3 Å². The normalized spacial score (nSPS) is 11.0. The topological polar surface area (TPSA) is 79.0 Å². The van der Waals surface area contributed by atoms with Crippen molar-refractivity contribution in [3.63, 3.8) is 0 Å². The van der Waals surface area contributed by atoms with Crippen LogP contribution in [0, 0.1) is 39.0 Å². The zero-order valence-electron chi connectivity index (χ0n) is 18.5. The Kier molecular flexibility index (Phi) is 7.19. The Labute approximate surface area is 190 Å². The number of aryl methyl sites for hydroxylation is 4. The van der Waals surface area contributed by atoms with Gasteiger partial charge >= 0.3 is 0 Å². The standard InChI is InChI=1S/C23H26N4O2S2/c1-6-26-22(29)20-16(4)17(5)31-21(20)25-23(26)30-13-19(28)27(9-7-8-24)18-11-14(2)10-15(3)12-18/h10-12H,6-7,9,13H2,1-5H3. The summed E-state index contributed by atoms with van der Waals surface area (Å²) in [5, 5.41) is 10.3. The fourth-order valence-electron chi connectivity index (χ4n) is 3.57. The van der Waals surface area contributed by atoms with Gasteiger partial charge in [0.25, 0.3) is 5.56 Å². The second kappa shape index (κ2) is 9.67. The molecule has 1 amide bonds. The van der Waals surface area contributed by atoms with E-state index in [2.05, 4.69) is 12.1 Å². The first kappa shape index (κ1) is 23.0. The molecule has 0 N–H and O–H groups in total. The van der Waals surface area contributed by atoms with Crippen LogP contribution >= 0.6 is 23.1 Å². The molecule has 1 aromatic carbocycles. The molecule has 3 aromatic rings. The minimum Gasteiger partial charge on any atom is -0.311 e. The maximum atomic E-state index is 13.1. The first-order chi connectivity index (χ1) is 14.8. The summed E-state index contributed by atoms with van der Waals surface area (Å²) in [7, 11) is 0. The molecule has 0 saturated carbocycles. The Hall–Kier alpha value is -2.63. The summed E-state index contributed by atoms with van der Waals surface area (Å²) < 4.78 is 1.63. The van der Waals surface area contributed by atoms with Crippen molar-refractivity contribution >= 4 is 44.9 Å². The lowest BCUT2D eigenvalue weighted by molar-refractivity contribution is -0.116. The van der Waals surface area contributed by atoms with E-state index in [1.807, 2.05) is 46.8 Å². The number of fused-ring (bicyclic) bond motifs is 1. The molecule has 0 bridgehead atoms. The smallest absolute Gasteiger partial charge is 0.263 e. The highest BCUT2D eigenvalue weighted by atomic mass is 32.2. The third kappa shape index (κ3) is 4.83. The van der Waals surface area contributed by atoms with E-state index in [4.69, 9.17) is 10.2 Å². The Morgan fingerprint density at radius 3 is 2.52 bits per heavy atom. The van der Waals surface area contributed by atoms with Gasteiger partial charge in [0.2, 0.25) is 5.91 Å². The quantitative estimate of drug-likeness (QED) is 0.380. The molecule has 162 valence electrons. The van der Waals surface area contributed by atoms with Crippen LogP contribution in [0.5, 0.6) is 0 Å². The van der Waals surface area contributed by atoms with Crippen molar-refractivity contribution in [3.05, 3.63) is 50.1 Å². The number of carbonyl (C=O) groups excluding carboxylic acids is 1. The zero-order valence-corrected chi connectivity index (χ0v) is 20.1. The first-order valence-electron chi connectivity index (χ1n) is 10.2. The third-order valence-corrected chi connectivity index (χ3v) is 7.22. The molecule has 0 aliphatic carbocycles. The summed E-state index contributed by atoms with van der Waals surface area (Å²) in [5.41, 5.74) is 3.84. The van der Waals surface area contributed by atoms with Crippen LogP contribution in [0.4, 0.5) is 5.69 Å². The summed E-state index contributed by atoms with van der Waals surface area (Å²) in [4.78, 5) is 34.3. The van der Waals surface area contributed by atoms with E-state index in [0.717, 1.165) is 32.1 Å². The van der Waals surface area contributed by atoms with Crippen molar-refractivity contribution in [2.45, 2.75) is 52.7 Å². The lowest BCUT2D eigenvalue weighted by Crippen LogP contribution is -2.33. The number of hydrogen-bond acceptors (Lipinski definition) is 6. The average molecular weight is 455 g/mol. The molecular weight excluding hydrogens is 428 g/mol. The predicted molar refractivity (Wildman–Crippen MR) is 128 cm³/mol. The van der Waals surface area contributed by atoms with Crippen LogP contribution in [0.15, 0.2) is 28.2 Å². The fourth-order valence-corrected chi connectivity index (χ4v) is 5.58. The Morgan fingerprint density at radius 1 is 1.23 bits per heavy atom. The molecule has 0 unspecified atom stereocenters. The van der Waals surface area contributed by atoms with E-state index in [0.29, 0.717) is 23.6 Å². The highest BCUT2D eigenvalue weighted by Gasteiger charge is 2.20. The molecule has 0 aliphatic rings. The lowest BCUT2D eigenvalue weighted by Gasteiger charge is -2.23. The summed E-state index contributed by atoms with van der Waals surface area (Å²) in [6.45, 7) is 10.6. The van der Waals surface area contributed by atoms with Crippen LogP contribution in [0.1, 0.15) is 34.9 Å². The molecule has 3 rings (SSSR count). The molecule has 6 nitrogen and oxygen atoms in total. The van der Waals surface area contributed by atoms with Crippen molar-refractivity contribution in [1.29, 1.82) is 5.26 Å². The van der Waals surface area contributed by atoms with Gasteiger partial charge in [0, 0.05) is 23.7 Å². The van der Waals surface area contributed by atoms with Crippen molar-refractivity contribution in [2.24, 2.45) is 0 Å². The minimum absolute atomic E-state index is 0.0556. The van der Waals surface area contributed by atoms with Crippen LogP contribution in [0.2, 0.25) is 0 Å². The molecular formula is C23H26N4O2S2. The van der Waals surface area contributed by atoms with Crippen molar-refractivity contribution in [3.8, 4) is 6.07 Å². The predicted octanol–water partition coefficient (Wildman–Crippen LogP) is 4.75. The molecule has 2 heterocycles. The number of thiophene rings is 1. The van der Waals surface area contributed by atoms with Crippen LogP contribution < -0.4 is 10.5 Å². The number of hydrogen-bond donors (Lipinski definition) is 0. The maximum absolute atomic E-state index is 13.1. The Morgan fingerprint density at radius 2 is 1.90 bits per heavy atom. The van der Waals surface area contributed by atoms with Gasteiger partial charge in [-0.2, -0.15) is 5.26 Å². The fraction of sp³-hybridized carbons (Fsp3) is 0.391. The van der Waals surface area contributed by atoms with Gasteiger partial charge in [0.05, 0.1) is 23.6 Å². The van der Waals surface area contributed by atoms with Gasteiger partial charge in [0.15, 0.2) is 5.16 Å². The van der Waals surface area contributed by atoms with E-state index >= 15 is 0 Å². The van der Waals surface area contributed by atoms with Crippen molar-refractivity contribution < 1.29 is 4.79 Å². The van der Waals surface area contributed by atoms with E-state index in [-0.39, 0.29) is 23.6 Å². The number of aromatic nitrogens is 2. The van der Waals surface area contributed by atoms with Crippen molar-refractivity contribution in [1.82, 2.24) is 9.55 Å². The second-order valence-corrected chi connectivity index (χ2v) is 9.64. The lowest BCUT2D eigenvalue weighted by atomic mass is 10.1. The largest absolute Gasteiger partial charge is 0.311 e. The van der Waals surface area contributed by atoms with Gasteiger partial charge in [-0.05, 0) is 63.4 Å². The Bertz CT molecular complexity index is 1220. The van der Waals surface area contributed by atoms with Gasteiger partial charge < -0.3 is 4.90 Å². The molecule has 0 aliphatic heterocycles. The number of anilines is 1. The molecule has 0 radical (unpaired) electrons. The number of nitriles is 1. The summed E-state index contributed by atoms with van der Waals surface area (Å²) in [5.74, 6) is 0.0282. The summed E-state index contributed by atoms with van der Waals surface area (Å²) in [6.07, 6.45) is 0.251. The molecule has 0 atom stereocenters. The summed E-state index contributed by atoms with van der Waals surface area (Å²) >= 11 is 2.78. The molecule has 31 heavy (non-hydrogen) atoms. The second-order valence-electron chi connectivity index (χ2n) is 7.50. The van der Waals surface area contributed by atoms with E-state index in [1.54, 1.807) is 9.47 Å². The summed E-state index contributed by atoms with van der Waals surface area (Å²) in [6, 6.07) is 8.08. The van der Waals surface area contributed by atoms with Crippen LogP contribution in [0.25, 0.3) is 10.2 Å². The van der Waals surface area contributed by atoms with Crippen LogP contribution in [-0.4, -0.2) is 27.8 Å². The molecule has 0 fully saturated rings. The Balaban J connectivity index is 1.90. The molecule has 2 aromatic heterocycles. The van der Waals surface area contributed by atoms with Gasteiger partial charge in [-0.3, -0.25) is 14.2 Å². The number of thioether (sulfide) groups is 1. The minimum atomic E-state index is -0.110. The monoisotopic (exact) mass is 454 g/mol. The highest BCUT2D eigenvalue weighted by Crippen LogP contribution is 2.29. The van der Waals surface area contributed by atoms with E-state index < -0.39 is 0 Å². The maximum Gasteiger partial charge on any atom is 0.263 e. The highest BCUT2D eigenvalue weighted by molar-refractivity contribution is 7.99.